The zero-order valence-corrected chi connectivity index (χ0v) is 9.36. The highest BCUT2D eigenvalue weighted by Gasteiger charge is 2.11. The molecule has 0 amide bonds. The molecule has 0 aliphatic heterocycles. The maximum absolute atomic E-state index is 5.51. The number of rotatable bonds is 4. The van der Waals surface area contributed by atoms with E-state index in [1.807, 2.05) is 6.08 Å². The summed E-state index contributed by atoms with van der Waals surface area (Å²) in [5.74, 6) is 0.614. The van der Waals surface area contributed by atoms with E-state index in [9.17, 15) is 0 Å². The molecule has 0 fully saturated rings. The molecule has 2 heteroatoms. The Morgan fingerprint density at radius 1 is 1.25 bits per heavy atom. The fraction of sp³-hybridized carbons (Fsp3) is 0.800. The van der Waals surface area contributed by atoms with E-state index in [1.54, 1.807) is 0 Å². The van der Waals surface area contributed by atoms with Crippen LogP contribution >= 0.6 is 11.6 Å². The molecule has 0 radical (unpaired) electrons. The fourth-order valence-electron chi connectivity index (χ4n) is 1.19. The van der Waals surface area contributed by atoms with Crippen LogP contribution in [0.5, 0.6) is 0 Å². The van der Waals surface area contributed by atoms with Gasteiger partial charge in [0.25, 0.3) is 0 Å². The molecular formula is C10H20ClN. The first-order valence-corrected chi connectivity index (χ1v) is 4.88. The largest absolute Gasteiger partial charge is 0.302 e. The molecule has 0 aromatic carbocycles. The van der Waals surface area contributed by atoms with Gasteiger partial charge in [-0.15, -0.1) is 11.6 Å². The van der Waals surface area contributed by atoms with Crippen molar-refractivity contribution in [3.05, 3.63) is 12.2 Å². The van der Waals surface area contributed by atoms with Gasteiger partial charge in [-0.1, -0.05) is 32.9 Å². The van der Waals surface area contributed by atoms with Crippen molar-refractivity contribution in [1.82, 2.24) is 4.90 Å². The second-order valence-corrected chi connectivity index (χ2v) is 4.69. The van der Waals surface area contributed by atoms with Gasteiger partial charge in [-0.05, 0) is 12.5 Å². The first-order valence-electron chi connectivity index (χ1n) is 4.35. The third-order valence-corrected chi connectivity index (χ3v) is 1.60. The lowest BCUT2D eigenvalue weighted by Gasteiger charge is -2.25. The van der Waals surface area contributed by atoms with Crippen molar-refractivity contribution in [3.63, 3.8) is 0 Å². The normalized spacial score (nSPS) is 13.2. The average Bonchev–Trinajstić information content (AvgIpc) is 1.84. The lowest BCUT2D eigenvalue weighted by molar-refractivity contribution is 0.244. The summed E-state index contributed by atoms with van der Waals surface area (Å²) >= 11 is 5.51. The van der Waals surface area contributed by atoms with Crippen molar-refractivity contribution >= 4 is 11.6 Å². The number of allylic oxidation sites excluding steroid dienone is 1. The Morgan fingerprint density at radius 3 is 2.25 bits per heavy atom. The second kappa shape index (κ2) is 5.60. The molecule has 0 unspecified atom stereocenters. The van der Waals surface area contributed by atoms with Crippen LogP contribution in [0.1, 0.15) is 20.8 Å². The minimum Gasteiger partial charge on any atom is -0.302 e. The summed E-state index contributed by atoms with van der Waals surface area (Å²) in [5.41, 5.74) is 0.379. The fourth-order valence-corrected chi connectivity index (χ4v) is 1.32. The minimum absolute atomic E-state index is 0.379. The number of nitrogens with zero attached hydrogens (tertiary/aromatic N) is 1. The topological polar surface area (TPSA) is 3.24 Å². The van der Waals surface area contributed by atoms with Crippen LogP contribution in [0.15, 0.2) is 12.2 Å². The summed E-state index contributed by atoms with van der Waals surface area (Å²) in [6.45, 7) is 8.84. The molecule has 0 rings (SSSR count). The molecule has 0 saturated heterocycles. The van der Waals surface area contributed by atoms with Crippen LogP contribution in [-0.2, 0) is 0 Å². The van der Waals surface area contributed by atoms with Gasteiger partial charge in [0.05, 0.1) is 0 Å². The highest BCUT2D eigenvalue weighted by Crippen LogP contribution is 2.13. The van der Waals surface area contributed by atoms with Crippen molar-refractivity contribution in [2.24, 2.45) is 5.41 Å². The number of alkyl halides is 1. The highest BCUT2D eigenvalue weighted by atomic mass is 35.5. The maximum Gasteiger partial charge on any atom is 0.0404 e. The molecule has 0 N–H and O–H groups in total. The van der Waals surface area contributed by atoms with E-state index >= 15 is 0 Å². The summed E-state index contributed by atoms with van der Waals surface area (Å²) in [7, 11) is 2.13. The first kappa shape index (κ1) is 12.0. The highest BCUT2D eigenvalue weighted by molar-refractivity contribution is 6.18. The zero-order valence-electron chi connectivity index (χ0n) is 8.60. The maximum atomic E-state index is 5.51. The molecule has 12 heavy (non-hydrogen) atoms. The molecule has 0 bridgehead atoms. The quantitative estimate of drug-likeness (QED) is 0.486. The molecule has 0 spiro atoms. The Labute approximate surface area is 81.4 Å². The number of halogens is 1. The number of hydrogen-bond acceptors (Lipinski definition) is 1. The van der Waals surface area contributed by atoms with Crippen LogP contribution in [0.25, 0.3) is 0 Å². The monoisotopic (exact) mass is 189 g/mol. The van der Waals surface area contributed by atoms with E-state index in [0.29, 0.717) is 11.3 Å². The molecule has 0 aromatic heterocycles. The van der Waals surface area contributed by atoms with Crippen molar-refractivity contribution in [2.45, 2.75) is 20.8 Å². The Balaban J connectivity index is 3.60. The van der Waals surface area contributed by atoms with Crippen LogP contribution in [0, 0.1) is 5.41 Å². The van der Waals surface area contributed by atoms with Gasteiger partial charge in [0.2, 0.25) is 0 Å². The van der Waals surface area contributed by atoms with Gasteiger partial charge in [-0.25, -0.2) is 0 Å². The van der Waals surface area contributed by atoms with Gasteiger partial charge < -0.3 is 4.90 Å². The Hall–Kier alpha value is -0.0100. The average molecular weight is 190 g/mol. The van der Waals surface area contributed by atoms with Crippen LogP contribution in [0.4, 0.5) is 0 Å². The summed E-state index contributed by atoms with van der Waals surface area (Å²) < 4.78 is 0. The van der Waals surface area contributed by atoms with Crippen LogP contribution in [-0.4, -0.2) is 30.9 Å². The SMILES string of the molecule is CN(CC=CCCl)CC(C)(C)C. The van der Waals surface area contributed by atoms with E-state index in [-0.39, 0.29) is 0 Å². The molecule has 0 heterocycles. The van der Waals surface area contributed by atoms with Crippen LogP contribution in [0.3, 0.4) is 0 Å². The molecule has 0 atom stereocenters. The van der Waals surface area contributed by atoms with E-state index in [1.165, 1.54) is 0 Å². The third-order valence-electron chi connectivity index (χ3n) is 1.42. The van der Waals surface area contributed by atoms with Crippen molar-refractivity contribution < 1.29 is 0 Å². The third kappa shape index (κ3) is 8.09. The predicted octanol–water partition coefficient (Wildman–Crippen LogP) is 2.76. The van der Waals surface area contributed by atoms with E-state index in [2.05, 4.69) is 38.8 Å². The smallest absolute Gasteiger partial charge is 0.0404 e. The van der Waals surface area contributed by atoms with Gasteiger partial charge in [0.15, 0.2) is 0 Å². The first-order chi connectivity index (χ1) is 5.45. The molecule has 0 saturated carbocycles. The van der Waals surface area contributed by atoms with Gasteiger partial charge in [-0.2, -0.15) is 0 Å². The number of hydrogen-bond donors (Lipinski definition) is 0. The van der Waals surface area contributed by atoms with Gasteiger partial charge >= 0.3 is 0 Å². The van der Waals surface area contributed by atoms with Gasteiger partial charge in [-0.3, -0.25) is 0 Å². The Morgan fingerprint density at radius 2 is 1.83 bits per heavy atom. The molecule has 0 aromatic rings. The second-order valence-electron chi connectivity index (χ2n) is 4.38. The lowest BCUT2D eigenvalue weighted by atomic mass is 9.96. The summed E-state index contributed by atoms with van der Waals surface area (Å²) in [5, 5.41) is 0. The minimum atomic E-state index is 0.379. The molecule has 0 aliphatic carbocycles. The lowest BCUT2D eigenvalue weighted by Crippen LogP contribution is -2.29. The Kier molecular flexibility index (Phi) is 5.60. The van der Waals surface area contributed by atoms with Gasteiger partial charge in [0, 0.05) is 19.0 Å². The van der Waals surface area contributed by atoms with Crippen molar-refractivity contribution in [2.75, 3.05) is 26.0 Å². The van der Waals surface area contributed by atoms with Crippen molar-refractivity contribution in [1.29, 1.82) is 0 Å². The van der Waals surface area contributed by atoms with E-state index < -0.39 is 0 Å². The van der Waals surface area contributed by atoms with Crippen molar-refractivity contribution in [3.8, 4) is 0 Å². The van der Waals surface area contributed by atoms with Crippen LogP contribution in [0.2, 0.25) is 0 Å². The zero-order chi connectivity index (χ0) is 9.61. The molecule has 1 nitrogen and oxygen atoms in total. The molecule has 72 valence electrons. The number of likely N-dealkylation sites (N-methyl/N-ethyl adjacent to an activating group) is 1. The summed E-state index contributed by atoms with van der Waals surface area (Å²) in [6.07, 6.45) is 4.10. The summed E-state index contributed by atoms with van der Waals surface area (Å²) in [4.78, 5) is 2.29. The van der Waals surface area contributed by atoms with Gasteiger partial charge in [0.1, 0.15) is 0 Å². The standard InChI is InChI=1S/C10H20ClN/c1-10(2,3)9-12(4)8-6-5-7-11/h5-6H,7-9H2,1-4H3. The predicted molar refractivity (Wildman–Crippen MR) is 56.8 cm³/mol. The van der Waals surface area contributed by atoms with E-state index in [4.69, 9.17) is 11.6 Å². The van der Waals surface area contributed by atoms with Crippen LogP contribution < -0.4 is 0 Å². The van der Waals surface area contributed by atoms with E-state index in [0.717, 1.165) is 13.1 Å². The summed E-state index contributed by atoms with van der Waals surface area (Å²) in [6, 6.07) is 0. The molecule has 0 aliphatic rings. The molecular weight excluding hydrogens is 170 g/mol. The Bertz CT molecular complexity index is 135.